The first-order valence-corrected chi connectivity index (χ1v) is 7.12. The second-order valence-electron chi connectivity index (χ2n) is 4.35. The number of aliphatic hydroxyl groups is 2. The number of aliphatic hydroxyl groups excluding tert-OH is 2. The van der Waals surface area contributed by atoms with Crippen LogP contribution in [0.25, 0.3) is 11.1 Å². The highest BCUT2D eigenvalue weighted by atomic mass is 79.9. The fourth-order valence-corrected chi connectivity index (χ4v) is 3.14. The predicted octanol–water partition coefficient (Wildman–Crippen LogP) is 3.96. The zero-order chi connectivity index (χ0) is 12.9. The molecule has 0 aromatic heterocycles. The summed E-state index contributed by atoms with van der Waals surface area (Å²) in [5.41, 5.74) is 3.45. The number of hydrogen-bond acceptors (Lipinski definition) is 2. The molecule has 1 aliphatic carbocycles. The molecule has 18 heavy (non-hydrogen) atoms. The molecule has 0 aliphatic heterocycles. The molecule has 2 aromatic carbocycles. The Balaban J connectivity index is 2.31. The molecular weight excluding hydrogens is 360 g/mol. The van der Waals surface area contributed by atoms with Crippen LogP contribution < -0.4 is 0 Å². The SMILES string of the molecule is O[C@@H]1c2cc(Br)ccc2-c2ccc(Br)cc2[C@H]1O. The van der Waals surface area contributed by atoms with Gasteiger partial charge in [0.15, 0.2) is 0 Å². The van der Waals surface area contributed by atoms with Gasteiger partial charge in [0.2, 0.25) is 0 Å². The van der Waals surface area contributed by atoms with Gasteiger partial charge in [0.05, 0.1) is 0 Å². The first kappa shape index (κ1) is 12.4. The predicted molar refractivity (Wildman–Crippen MR) is 77.2 cm³/mol. The normalized spacial score (nSPS) is 21.3. The van der Waals surface area contributed by atoms with Crippen molar-refractivity contribution in [3.05, 3.63) is 56.5 Å². The van der Waals surface area contributed by atoms with E-state index in [4.69, 9.17) is 0 Å². The van der Waals surface area contributed by atoms with Gasteiger partial charge in [0, 0.05) is 8.95 Å². The fourth-order valence-electron chi connectivity index (χ4n) is 2.39. The summed E-state index contributed by atoms with van der Waals surface area (Å²) in [5, 5.41) is 20.4. The molecule has 0 bridgehead atoms. The quantitative estimate of drug-likeness (QED) is 0.737. The van der Waals surface area contributed by atoms with E-state index in [0.717, 1.165) is 31.2 Å². The Morgan fingerprint density at radius 3 is 1.50 bits per heavy atom. The van der Waals surface area contributed by atoms with Crippen LogP contribution in [-0.4, -0.2) is 10.2 Å². The second kappa shape index (κ2) is 4.46. The second-order valence-corrected chi connectivity index (χ2v) is 6.18. The van der Waals surface area contributed by atoms with Crippen molar-refractivity contribution in [3.8, 4) is 11.1 Å². The Bertz CT molecular complexity index is 570. The molecule has 1 aliphatic rings. The van der Waals surface area contributed by atoms with Crippen molar-refractivity contribution >= 4 is 31.9 Å². The molecule has 0 saturated heterocycles. The summed E-state index contributed by atoms with van der Waals surface area (Å²) >= 11 is 6.78. The molecule has 2 atom stereocenters. The maximum Gasteiger partial charge on any atom is 0.110 e. The maximum absolute atomic E-state index is 10.2. The van der Waals surface area contributed by atoms with Crippen molar-refractivity contribution in [2.45, 2.75) is 12.2 Å². The van der Waals surface area contributed by atoms with Gasteiger partial charge in [-0.3, -0.25) is 0 Å². The van der Waals surface area contributed by atoms with Crippen molar-refractivity contribution in [1.82, 2.24) is 0 Å². The van der Waals surface area contributed by atoms with Crippen molar-refractivity contribution in [1.29, 1.82) is 0 Å². The fraction of sp³-hybridized carbons (Fsp3) is 0.143. The van der Waals surface area contributed by atoms with Gasteiger partial charge in [-0.05, 0) is 46.5 Å². The number of benzene rings is 2. The third kappa shape index (κ3) is 1.84. The van der Waals surface area contributed by atoms with E-state index in [1.807, 2.05) is 36.4 Å². The summed E-state index contributed by atoms with van der Waals surface area (Å²) in [6, 6.07) is 11.5. The number of fused-ring (bicyclic) bond motifs is 3. The minimum absolute atomic E-state index is 0.756. The van der Waals surface area contributed by atoms with Crippen molar-refractivity contribution < 1.29 is 10.2 Å². The Hall–Kier alpha value is -0.680. The third-order valence-corrected chi connectivity index (χ3v) is 4.24. The van der Waals surface area contributed by atoms with E-state index in [1.165, 1.54) is 0 Å². The van der Waals surface area contributed by atoms with Crippen LogP contribution in [0.1, 0.15) is 23.3 Å². The van der Waals surface area contributed by atoms with E-state index in [1.54, 1.807) is 0 Å². The molecule has 4 heteroatoms. The minimum Gasteiger partial charge on any atom is -0.385 e. The highest BCUT2D eigenvalue weighted by Gasteiger charge is 2.31. The Morgan fingerprint density at radius 2 is 1.11 bits per heavy atom. The average molecular weight is 370 g/mol. The topological polar surface area (TPSA) is 40.5 Å². The first-order valence-electron chi connectivity index (χ1n) is 5.53. The van der Waals surface area contributed by atoms with Crippen LogP contribution in [0.5, 0.6) is 0 Å². The van der Waals surface area contributed by atoms with Crippen molar-refractivity contribution in [2.24, 2.45) is 0 Å². The van der Waals surface area contributed by atoms with Gasteiger partial charge in [-0.25, -0.2) is 0 Å². The molecule has 2 nitrogen and oxygen atoms in total. The Kier molecular flexibility index (Phi) is 3.06. The molecule has 3 rings (SSSR count). The molecule has 0 unspecified atom stereocenters. The van der Waals surface area contributed by atoms with Crippen molar-refractivity contribution in [2.75, 3.05) is 0 Å². The molecular formula is C14H10Br2O2. The molecule has 0 fully saturated rings. The highest BCUT2D eigenvalue weighted by Crippen LogP contribution is 2.45. The third-order valence-electron chi connectivity index (χ3n) is 3.25. The summed E-state index contributed by atoms with van der Waals surface area (Å²) in [4.78, 5) is 0. The van der Waals surface area contributed by atoms with E-state index < -0.39 is 12.2 Å². The summed E-state index contributed by atoms with van der Waals surface area (Å²) in [7, 11) is 0. The van der Waals surface area contributed by atoms with Gasteiger partial charge >= 0.3 is 0 Å². The lowest BCUT2D eigenvalue weighted by Gasteiger charge is -2.29. The van der Waals surface area contributed by atoms with Crippen LogP contribution in [0.15, 0.2) is 45.3 Å². The van der Waals surface area contributed by atoms with Gasteiger partial charge in [-0.15, -0.1) is 0 Å². The lowest BCUT2D eigenvalue weighted by molar-refractivity contribution is 0.0157. The van der Waals surface area contributed by atoms with Crippen LogP contribution in [0.4, 0.5) is 0 Å². The molecule has 0 spiro atoms. The Labute approximate surface area is 122 Å². The molecule has 2 aromatic rings. The zero-order valence-electron chi connectivity index (χ0n) is 9.27. The van der Waals surface area contributed by atoms with E-state index >= 15 is 0 Å². The lowest BCUT2D eigenvalue weighted by Crippen LogP contribution is -2.17. The van der Waals surface area contributed by atoms with Gasteiger partial charge in [-0.1, -0.05) is 44.0 Å². The van der Waals surface area contributed by atoms with E-state index in [0.29, 0.717) is 0 Å². The first-order chi connectivity index (χ1) is 8.58. The van der Waals surface area contributed by atoms with Gasteiger partial charge in [0.25, 0.3) is 0 Å². The zero-order valence-corrected chi connectivity index (χ0v) is 12.4. The van der Waals surface area contributed by atoms with Crippen LogP contribution in [0.2, 0.25) is 0 Å². The number of hydrogen-bond donors (Lipinski definition) is 2. The molecule has 0 radical (unpaired) electrons. The summed E-state index contributed by atoms with van der Waals surface area (Å²) < 4.78 is 1.79. The van der Waals surface area contributed by atoms with E-state index in [-0.39, 0.29) is 0 Å². The standard InChI is InChI=1S/C14H10Br2O2/c15-7-1-3-9-10-4-2-8(16)6-12(10)14(18)13(17)11(9)5-7/h1-6,13-14,17-18H/t13-,14-/m1/s1. The maximum atomic E-state index is 10.2. The summed E-state index contributed by atoms with van der Waals surface area (Å²) in [6.07, 6.45) is -1.78. The highest BCUT2D eigenvalue weighted by molar-refractivity contribution is 9.10. The van der Waals surface area contributed by atoms with Crippen LogP contribution in [0, 0.1) is 0 Å². The van der Waals surface area contributed by atoms with Crippen LogP contribution in [-0.2, 0) is 0 Å². The summed E-state index contributed by atoms with van der Waals surface area (Å²) in [5.74, 6) is 0. The molecule has 0 saturated carbocycles. The number of halogens is 2. The minimum atomic E-state index is -0.890. The van der Waals surface area contributed by atoms with Crippen LogP contribution in [0.3, 0.4) is 0 Å². The molecule has 0 heterocycles. The van der Waals surface area contributed by atoms with Gasteiger partial charge in [0.1, 0.15) is 12.2 Å². The molecule has 2 N–H and O–H groups in total. The van der Waals surface area contributed by atoms with E-state index in [9.17, 15) is 10.2 Å². The number of rotatable bonds is 0. The average Bonchev–Trinajstić information content (AvgIpc) is 2.36. The smallest absolute Gasteiger partial charge is 0.110 e. The monoisotopic (exact) mass is 368 g/mol. The Morgan fingerprint density at radius 1 is 0.722 bits per heavy atom. The van der Waals surface area contributed by atoms with E-state index in [2.05, 4.69) is 31.9 Å². The molecule has 0 amide bonds. The molecule has 92 valence electrons. The van der Waals surface area contributed by atoms with Gasteiger partial charge in [-0.2, -0.15) is 0 Å². The largest absolute Gasteiger partial charge is 0.385 e. The van der Waals surface area contributed by atoms with Gasteiger partial charge < -0.3 is 10.2 Å². The summed E-state index contributed by atoms with van der Waals surface area (Å²) in [6.45, 7) is 0. The lowest BCUT2D eigenvalue weighted by atomic mass is 9.82. The van der Waals surface area contributed by atoms with Crippen LogP contribution >= 0.6 is 31.9 Å². The van der Waals surface area contributed by atoms with Crippen molar-refractivity contribution in [3.63, 3.8) is 0 Å².